The predicted octanol–water partition coefficient (Wildman–Crippen LogP) is 1.83. The number of ether oxygens (including phenoxy) is 1. The number of benzene rings is 1. The number of hydrogen-bond acceptors (Lipinski definition) is 4. The van der Waals surface area contributed by atoms with Crippen LogP contribution in [0.5, 0.6) is 0 Å². The summed E-state index contributed by atoms with van der Waals surface area (Å²) in [4.78, 5) is 27.3. The number of nitrogens with two attached hydrogens (primary N) is 1. The van der Waals surface area contributed by atoms with Crippen LogP contribution in [0.1, 0.15) is 18.4 Å². The van der Waals surface area contributed by atoms with Crippen LogP contribution in [0.2, 0.25) is 5.02 Å². The van der Waals surface area contributed by atoms with Gasteiger partial charge in [0.05, 0.1) is 12.1 Å². The van der Waals surface area contributed by atoms with Crippen molar-refractivity contribution < 1.29 is 19.4 Å². The van der Waals surface area contributed by atoms with E-state index in [0.717, 1.165) is 5.56 Å². The number of carboxylic acid groups (broad SMARTS) is 1. The van der Waals surface area contributed by atoms with E-state index in [1.165, 1.54) is 12.0 Å². The number of nitrogens with zero attached hydrogens (tertiary/aromatic N) is 2. The average Bonchev–Trinajstić information content (AvgIpc) is 2.62. The lowest BCUT2D eigenvalue weighted by Gasteiger charge is -2.48. The SMILES string of the molecule is COCC(N)C(=O)N(C)C1(Cc2ccc(Cl)cc2)CCCN(C(=O)O)C1. The third-order valence-electron chi connectivity index (χ3n) is 4.98. The Morgan fingerprint density at radius 3 is 2.65 bits per heavy atom. The molecule has 0 spiro atoms. The summed E-state index contributed by atoms with van der Waals surface area (Å²) >= 11 is 5.96. The summed E-state index contributed by atoms with van der Waals surface area (Å²) < 4.78 is 4.99. The Labute approximate surface area is 158 Å². The molecular formula is C18H26ClN3O4. The van der Waals surface area contributed by atoms with Gasteiger partial charge >= 0.3 is 6.09 Å². The molecule has 0 radical (unpaired) electrons. The molecule has 1 heterocycles. The van der Waals surface area contributed by atoms with Crippen LogP contribution in [-0.2, 0) is 16.0 Å². The highest BCUT2D eigenvalue weighted by atomic mass is 35.5. The first-order valence-electron chi connectivity index (χ1n) is 8.53. The van der Waals surface area contributed by atoms with E-state index in [1.807, 2.05) is 12.1 Å². The minimum atomic E-state index is -0.979. The first-order valence-corrected chi connectivity index (χ1v) is 8.91. The van der Waals surface area contributed by atoms with E-state index < -0.39 is 17.7 Å². The molecule has 1 aliphatic heterocycles. The number of halogens is 1. The second-order valence-corrected chi connectivity index (χ2v) is 7.23. The predicted molar refractivity (Wildman–Crippen MR) is 99.3 cm³/mol. The van der Waals surface area contributed by atoms with Crippen LogP contribution in [0.4, 0.5) is 4.79 Å². The Bertz CT molecular complexity index is 640. The van der Waals surface area contributed by atoms with E-state index in [0.29, 0.717) is 30.8 Å². The van der Waals surface area contributed by atoms with Gasteiger partial charge in [-0.2, -0.15) is 0 Å². The highest BCUT2D eigenvalue weighted by molar-refractivity contribution is 6.30. The summed E-state index contributed by atoms with van der Waals surface area (Å²) in [5, 5.41) is 10.1. The molecule has 26 heavy (non-hydrogen) atoms. The zero-order valence-electron chi connectivity index (χ0n) is 15.2. The first-order chi connectivity index (χ1) is 12.3. The van der Waals surface area contributed by atoms with Crippen molar-refractivity contribution in [3.63, 3.8) is 0 Å². The molecule has 0 aromatic heterocycles. The fourth-order valence-corrected chi connectivity index (χ4v) is 3.65. The van der Waals surface area contributed by atoms with Crippen LogP contribution in [0, 0.1) is 0 Å². The van der Waals surface area contributed by atoms with Gasteiger partial charge < -0.3 is 25.4 Å². The molecule has 2 amide bonds. The molecular weight excluding hydrogens is 358 g/mol. The molecule has 2 unspecified atom stereocenters. The van der Waals surface area contributed by atoms with Crippen molar-refractivity contribution in [2.75, 3.05) is 33.9 Å². The lowest BCUT2D eigenvalue weighted by Crippen LogP contribution is -2.63. The Kier molecular flexibility index (Phi) is 6.86. The van der Waals surface area contributed by atoms with Crippen LogP contribution in [0.25, 0.3) is 0 Å². The zero-order chi connectivity index (χ0) is 19.3. The van der Waals surface area contributed by atoms with Crippen LogP contribution < -0.4 is 5.73 Å². The maximum Gasteiger partial charge on any atom is 0.407 e. The highest BCUT2D eigenvalue weighted by Gasteiger charge is 2.43. The lowest BCUT2D eigenvalue weighted by molar-refractivity contribution is -0.140. The summed E-state index contributed by atoms with van der Waals surface area (Å²) in [7, 11) is 3.18. The number of carbonyl (C=O) groups is 2. The normalized spacial score (nSPS) is 21.3. The van der Waals surface area contributed by atoms with E-state index >= 15 is 0 Å². The quantitative estimate of drug-likeness (QED) is 0.781. The van der Waals surface area contributed by atoms with Crippen LogP contribution in [0.15, 0.2) is 24.3 Å². The monoisotopic (exact) mass is 383 g/mol. The molecule has 1 saturated heterocycles. The number of likely N-dealkylation sites (N-methyl/N-ethyl adjacent to an activating group) is 1. The Balaban J connectivity index is 2.32. The first kappa shape index (κ1) is 20.5. The molecule has 3 N–H and O–H groups in total. The second kappa shape index (κ2) is 8.70. The van der Waals surface area contributed by atoms with Crippen molar-refractivity contribution in [2.24, 2.45) is 5.73 Å². The molecule has 1 aromatic carbocycles. The lowest BCUT2D eigenvalue weighted by atomic mass is 9.81. The number of hydrogen-bond donors (Lipinski definition) is 2. The van der Waals surface area contributed by atoms with Gasteiger partial charge in [0.2, 0.25) is 5.91 Å². The van der Waals surface area contributed by atoms with Gasteiger partial charge in [-0.05, 0) is 37.0 Å². The van der Waals surface area contributed by atoms with Crippen molar-refractivity contribution in [2.45, 2.75) is 30.8 Å². The van der Waals surface area contributed by atoms with Crippen molar-refractivity contribution in [1.82, 2.24) is 9.80 Å². The summed E-state index contributed by atoms with van der Waals surface area (Å²) in [6, 6.07) is 6.60. The average molecular weight is 384 g/mol. The maximum absolute atomic E-state index is 12.8. The maximum atomic E-state index is 12.8. The molecule has 0 saturated carbocycles. The smallest absolute Gasteiger partial charge is 0.407 e. The van der Waals surface area contributed by atoms with Crippen molar-refractivity contribution in [3.8, 4) is 0 Å². The van der Waals surface area contributed by atoms with E-state index in [-0.39, 0.29) is 19.1 Å². The molecule has 1 aromatic rings. The third-order valence-corrected chi connectivity index (χ3v) is 5.23. The minimum absolute atomic E-state index is 0.114. The van der Waals surface area contributed by atoms with Gasteiger partial charge in [-0.25, -0.2) is 4.79 Å². The highest BCUT2D eigenvalue weighted by Crippen LogP contribution is 2.31. The molecule has 144 valence electrons. The van der Waals surface area contributed by atoms with Gasteiger partial charge in [-0.1, -0.05) is 23.7 Å². The summed E-state index contributed by atoms with van der Waals surface area (Å²) in [5.41, 5.74) is 6.27. The molecule has 2 atom stereocenters. The summed E-state index contributed by atoms with van der Waals surface area (Å²) in [6.45, 7) is 0.819. The van der Waals surface area contributed by atoms with E-state index in [1.54, 1.807) is 24.1 Å². The van der Waals surface area contributed by atoms with Gasteiger partial charge in [0.1, 0.15) is 6.04 Å². The van der Waals surface area contributed by atoms with E-state index in [2.05, 4.69) is 0 Å². The Morgan fingerprint density at radius 1 is 1.42 bits per heavy atom. The topological polar surface area (TPSA) is 96.1 Å². The number of carbonyl (C=O) groups excluding carboxylic acids is 1. The van der Waals surface area contributed by atoms with E-state index in [4.69, 9.17) is 22.1 Å². The van der Waals surface area contributed by atoms with Crippen molar-refractivity contribution in [3.05, 3.63) is 34.9 Å². The molecule has 7 nitrogen and oxygen atoms in total. The number of rotatable bonds is 6. The van der Waals surface area contributed by atoms with Crippen LogP contribution >= 0.6 is 11.6 Å². The van der Waals surface area contributed by atoms with Gasteiger partial charge in [0, 0.05) is 32.3 Å². The molecule has 0 aliphatic carbocycles. The van der Waals surface area contributed by atoms with Crippen molar-refractivity contribution >= 4 is 23.6 Å². The molecule has 1 fully saturated rings. The number of methoxy groups -OCH3 is 1. The van der Waals surface area contributed by atoms with Gasteiger partial charge in [-0.15, -0.1) is 0 Å². The van der Waals surface area contributed by atoms with Gasteiger partial charge in [0.25, 0.3) is 0 Å². The summed E-state index contributed by atoms with van der Waals surface area (Å²) in [6.07, 6.45) is 0.918. The largest absolute Gasteiger partial charge is 0.465 e. The standard InChI is InChI=1S/C18H26ClN3O4/c1-21(16(23)15(20)11-26-2)18(8-3-9-22(12-18)17(24)25)10-13-4-6-14(19)7-5-13/h4-7,15H,3,8-12,20H2,1-2H3,(H,24,25). The Hall–Kier alpha value is -1.83. The zero-order valence-corrected chi connectivity index (χ0v) is 15.9. The molecule has 2 rings (SSSR count). The number of likely N-dealkylation sites (tertiary alicyclic amines) is 1. The van der Waals surface area contributed by atoms with Gasteiger partial charge in [0.15, 0.2) is 0 Å². The molecule has 1 aliphatic rings. The molecule has 8 heteroatoms. The van der Waals surface area contributed by atoms with E-state index in [9.17, 15) is 14.7 Å². The summed E-state index contributed by atoms with van der Waals surface area (Å²) in [5.74, 6) is -0.256. The Morgan fingerprint density at radius 2 is 2.08 bits per heavy atom. The fourth-order valence-electron chi connectivity index (χ4n) is 3.53. The number of amides is 2. The second-order valence-electron chi connectivity index (χ2n) is 6.79. The third kappa shape index (κ3) is 4.66. The number of piperidine rings is 1. The molecule has 0 bridgehead atoms. The fraction of sp³-hybridized carbons (Fsp3) is 0.556. The van der Waals surface area contributed by atoms with Crippen LogP contribution in [0.3, 0.4) is 0 Å². The van der Waals surface area contributed by atoms with Gasteiger partial charge in [-0.3, -0.25) is 4.79 Å². The van der Waals surface area contributed by atoms with Crippen molar-refractivity contribution in [1.29, 1.82) is 0 Å². The van der Waals surface area contributed by atoms with Crippen LogP contribution in [-0.4, -0.2) is 72.3 Å². The minimum Gasteiger partial charge on any atom is -0.465 e.